The van der Waals surface area contributed by atoms with Gasteiger partial charge < -0.3 is 10.1 Å². The highest BCUT2D eigenvalue weighted by Crippen LogP contribution is 2.25. The van der Waals surface area contributed by atoms with Gasteiger partial charge in [0, 0.05) is 16.3 Å². The molecule has 4 aromatic rings. The summed E-state index contributed by atoms with van der Waals surface area (Å²) in [6.45, 7) is 2.47. The summed E-state index contributed by atoms with van der Waals surface area (Å²) in [6.07, 6.45) is 0. The van der Waals surface area contributed by atoms with Crippen LogP contribution in [0.15, 0.2) is 72.8 Å². The standard InChI is InChI=1S/C23H18ClFN4O2/c1-2-31-20-11-9-19(10-12-20)29-22(15-5-3-6-16(24)13-15)27-21(28-29)23(30)26-18-8-4-7-17(25)14-18/h3-14H,2H2,1H3,(H,26,30). The lowest BCUT2D eigenvalue weighted by Gasteiger charge is -2.08. The fraction of sp³-hybridized carbons (Fsp3) is 0.0870. The molecule has 0 spiro atoms. The molecule has 1 amide bonds. The maximum Gasteiger partial charge on any atom is 0.295 e. The van der Waals surface area contributed by atoms with E-state index in [4.69, 9.17) is 16.3 Å². The van der Waals surface area contributed by atoms with E-state index in [-0.39, 0.29) is 5.82 Å². The highest BCUT2D eigenvalue weighted by Gasteiger charge is 2.19. The molecule has 0 aliphatic carbocycles. The smallest absolute Gasteiger partial charge is 0.295 e. The first-order chi connectivity index (χ1) is 15.0. The van der Waals surface area contributed by atoms with E-state index in [1.807, 2.05) is 37.3 Å². The van der Waals surface area contributed by atoms with E-state index >= 15 is 0 Å². The van der Waals surface area contributed by atoms with Gasteiger partial charge in [-0.15, -0.1) is 5.10 Å². The van der Waals surface area contributed by atoms with Gasteiger partial charge in [0.2, 0.25) is 5.82 Å². The summed E-state index contributed by atoms with van der Waals surface area (Å²) in [6, 6.07) is 20.0. The number of carbonyl (C=O) groups excluding carboxylic acids is 1. The molecule has 8 heteroatoms. The lowest BCUT2D eigenvalue weighted by atomic mass is 10.2. The fourth-order valence-electron chi connectivity index (χ4n) is 3.01. The van der Waals surface area contributed by atoms with Crippen LogP contribution in [-0.4, -0.2) is 27.3 Å². The van der Waals surface area contributed by atoms with Crippen molar-refractivity contribution in [2.45, 2.75) is 6.92 Å². The summed E-state index contributed by atoms with van der Waals surface area (Å²) in [5.41, 5.74) is 1.70. The zero-order chi connectivity index (χ0) is 21.8. The summed E-state index contributed by atoms with van der Waals surface area (Å²) in [4.78, 5) is 17.2. The number of rotatable bonds is 6. The van der Waals surface area contributed by atoms with Gasteiger partial charge in [-0.2, -0.15) is 0 Å². The summed E-state index contributed by atoms with van der Waals surface area (Å²) >= 11 is 6.15. The Labute approximate surface area is 183 Å². The third-order valence-corrected chi connectivity index (χ3v) is 4.60. The first-order valence-electron chi connectivity index (χ1n) is 9.56. The van der Waals surface area contributed by atoms with E-state index < -0.39 is 11.7 Å². The molecule has 0 aliphatic rings. The van der Waals surface area contributed by atoms with Crippen molar-refractivity contribution >= 4 is 23.2 Å². The molecule has 1 heterocycles. The second-order valence-electron chi connectivity index (χ2n) is 6.57. The van der Waals surface area contributed by atoms with E-state index in [2.05, 4.69) is 15.4 Å². The van der Waals surface area contributed by atoms with Crippen molar-refractivity contribution < 1.29 is 13.9 Å². The van der Waals surface area contributed by atoms with E-state index in [0.717, 1.165) is 5.75 Å². The van der Waals surface area contributed by atoms with Crippen molar-refractivity contribution in [1.29, 1.82) is 0 Å². The lowest BCUT2D eigenvalue weighted by molar-refractivity contribution is 0.101. The van der Waals surface area contributed by atoms with Gasteiger partial charge in [0.1, 0.15) is 11.6 Å². The molecule has 0 aliphatic heterocycles. The third kappa shape index (κ3) is 4.73. The Kier molecular flexibility index (Phi) is 5.95. The van der Waals surface area contributed by atoms with Gasteiger partial charge in [-0.3, -0.25) is 4.79 Å². The van der Waals surface area contributed by atoms with Crippen LogP contribution in [0.25, 0.3) is 17.1 Å². The number of carbonyl (C=O) groups is 1. The minimum atomic E-state index is -0.557. The first-order valence-corrected chi connectivity index (χ1v) is 9.94. The fourth-order valence-corrected chi connectivity index (χ4v) is 3.20. The minimum absolute atomic E-state index is 0.0619. The van der Waals surface area contributed by atoms with Gasteiger partial charge >= 0.3 is 0 Å². The topological polar surface area (TPSA) is 69.0 Å². The number of ether oxygens (including phenoxy) is 1. The van der Waals surface area contributed by atoms with Crippen molar-refractivity contribution in [2.24, 2.45) is 0 Å². The van der Waals surface area contributed by atoms with Crippen molar-refractivity contribution in [3.05, 3.63) is 89.5 Å². The average molecular weight is 437 g/mol. The van der Waals surface area contributed by atoms with Crippen LogP contribution in [-0.2, 0) is 0 Å². The predicted octanol–water partition coefficient (Wildman–Crippen LogP) is 5.38. The van der Waals surface area contributed by atoms with Crippen molar-refractivity contribution in [3.8, 4) is 22.8 Å². The van der Waals surface area contributed by atoms with Crippen molar-refractivity contribution in [1.82, 2.24) is 14.8 Å². The molecule has 0 saturated heterocycles. The quantitative estimate of drug-likeness (QED) is 0.440. The number of amides is 1. The Bertz CT molecular complexity index is 1220. The van der Waals surface area contributed by atoms with Gasteiger partial charge in [-0.1, -0.05) is 29.8 Å². The second-order valence-corrected chi connectivity index (χ2v) is 7.01. The van der Waals surface area contributed by atoms with Crippen LogP contribution in [0.1, 0.15) is 17.5 Å². The Morgan fingerprint density at radius 2 is 1.87 bits per heavy atom. The van der Waals surface area contributed by atoms with Crippen molar-refractivity contribution in [2.75, 3.05) is 11.9 Å². The molecule has 0 atom stereocenters. The van der Waals surface area contributed by atoms with Crippen LogP contribution < -0.4 is 10.1 Å². The number of anilines is 1. The molecular weight excluding hydrogens is 419 g/mol. The molecule has 4 rings (SSSR count). The molecule has 0 radical (unpaired) electrons. The van der Waals surface area contributed by atoms with Gasteiger partial charge in [-0.05, 0) is 61.5 Å². The zero-order valence-corrected chi connectivity index (χ0v) is 17.3. The number of benzene rings is 3. The number of aromatic nitrogens is 3. The van der Waals surface area contributed by atoms with E-state index in [9.17, 15) is 9.18 Å². The minimum Gasteiger partial charge on any atom is -0.494 e. The van der Waals surface area contributed by atoms with Gasteiger partial charge in [-0.25, -0.2) is 14.1 Å². The van der Waals surface area contributed by atoms with Crippen LogP contribution in [0.4, 0.5) is 10.1 Å². The van der Waals surface area contributed by atoms with Crippen molar-refractivity contribution in [3.63, 3.8) is 0 Å². The Balaban J connectivity index is 1.73. The lowest BCUT2D eigenvalue weighted by Crippen LogP contribution is -2.14. The highest BCUT2D eigenvalue weighted by atomic mass is 35.5. The molecular formula is C23H18ClFN4O2. The average Bonchev–Trinajstić information content (AvgIpc) is 3.20. The number of nitrogens with one attached hydrogen (secondary N) is 1. The van der Waals surface area contributed by atoms with Crippen LogP contribution in [0.3, 0.4) is 0 Å². The summed E-state index contributed by atoms with van der Waals surface area (Å²) in [5, 5.41) is 7.54. The second kappa shape index (κ2) is 8.97. The molecule has 6 nitrogen and oxygen atoms in total. The first kappa shape index (κ1) is 20.6. The Hall–Kier alpha value is -3.71. The molecule has 0 bridgehead atoms. The molecule has 156 valence electrons. The monoisotopic (exact) mass is 436 g/mol. The van der Waals surface area contributed by atoms with Crippen LogP contribution >= 0.6 is 11.6 Å². The maximum absolute atomic E-state index is 13.4. The van der Waals surface area contributed by atoms with Crippen LogP contribution in [0.2, 0.25) is 5.02 Å². The van der Waals surface area contributed by atoms with Gasteiger partial charge in [0.25, 0.3) is 5.91 Å². The number of hydrogen-bond donors (Lipinski definition) is 1. The molecule has 3 aromatic carbocycles. The van der Waals surface area contributed by atoms with E-state index in [1.54, 1.807) is 28.9 Å². The number of nitrogens with zero attached hydrogens (tertiary/aromatic N) is 3. The van der Waals surface area contributed by atoms with E-state index in [1.165, 1.54) is 18.2 Å². The Morgan fingerprint density at radius 1 is 1.10 bits per heavy atom. The molecule has 31 heavy (non-hydrogen) atoms. The molecule has 0 saturated carbocycles. The SMILES string of the molecule is CCOc1ccc(-n2nc(C(=O)Nc3cccc(F)c3)nc2-c2cccc(Cl)c2)cc1. The molecule has 0 fully saturated rings. The van der Waals surface area contributed by atoms with E-state index in [0.29, 0.717) is 34.4 Å². The predicted molar refractivity (Wildman–Crippen MR) is 117 cm³/mol. The largest absolute Gasteiger partial charge is 0.494 e. The highest BCUT2D eigenvalue weighted by molar-refractivity contribution is 6.30. The zero-order valence-electron chi connectivity index (χ0n) is 16.5. The molecule has 1 N–H and O–H groups in total. The Morgan fingerprint density at radius 3 is 2.58 bits per heavy atom. The number of halogens is 2. The van der Waals surface area contributed by atoms with Crippen LogP contribution in [0, 0.1) is 5.82 Å². The number of hydrogen-bond acceptors (Lipinski definition) is 4. The maximum atomic E-state index is 13.4. The van der Waals surface area contributed by atoms with Gasteiger partial charge in [0.15, 0.2) is 5.82 Å². The molecule has 1 aromatic heterocycles. The van der Waals surface area contributed by atoms with Gasteiger partial charge in [0.05, 0.1) is 12.3 Å². The van der Waals surface area contributed by atoms with Crippen LogP contribution in [0.5, 0.6) is 5.75 Å². The summed E-state index contributed by atoms with van der Waals surface area (Å²) in [7, 11) is 0. The summed E-state index contributed by atoms with van der Waals surface area (Å²) in [5.74, 6) is 0.0905. The summed E-state index contributed by atoms with van der Waals surface area (Å²) < 4.78 is 20.5. The third-order valence-electron chi connectivity index (χ3n) is 4.37. The normalized spacial score (nSPS) is 10.7. The molecule has 0 unspecified atom stereocenters.